The molecule has 2 heterocycles. The fraction of sp³-hybridized carbons (Fsp3) is 0.222. The van der Waals surface area contributed by atoms with Gasteiger partial charge in [-0.2, -0.15) is 0 Å². The molecular weight excluding hydrogens is 361 g/mol. The molecule has 0 fully saturated rings. The quantitative estimate of drug-likeness (QED) is 0.740. The van der Waals surface area contributed by atoms with Gasteiger partial charge in [0.2, 0.25) is 0 Å². The topological polar surface area (TPSA) is 60.2 Å². The second-order valence-electron chi connectivity index (χ2n) is 5.97. The number of methoxy groups -OCH3 is 1. The number of benzene rings is 2. The van der Waals surface area contributed by atoms with Crippen molar-refractivity contribution in [3.05, 3.63) is 57.8 Å². The summed E-state index contributed by atoms with van der Waals surface area (Å²) in [5.41, 5.74) is 1.63. The minimum Gasteiger partial charge on any atom is -0.508 e. The number of fused-ring (bicyclic) bond motifs is 1. The van der Waals surface area contributed by atoms with E-state index in [-0.39, 0.29) is 11.7 Å². The Labute approximate surface area is 154 Å². The van der Waals surface area contributed by atoms with Gasteiger partial charge in [-0.3, -0.25) is 0 Å². The van der Waals surface area contributed by atoms with E-state index in [1.165, 1.54) is 0 Å². The van der Waals surface area contributed by atoms with Crippen molar-refractivity contribution in [2.24, 2.45) is 0 Å². The smallest absolute Gasteiger partial charge is 0.163 e. The summed E-state index contributed by atoms with van der Waals surface area (Å²) in [6.45, 7) is 0.636. The normalized spacial score (nSPS) is 16.0. The van der Waals surface area contributed by atoms with E-state index in [2.05, 4.69) is 14.8 Å². The molecule has 4 rings (SSSR count). The standard InChI is InChI=1S/C18H15Cl2N3O2/c1-25-12-4-2-10(3-5-12)18-22-21-15-8-11(9-23(15)18)16-14(24)7-6-13(19)17(16)20/h2-7,11,24H,8-9H2,1H3/t11-/m0/s1. The number of aromatic hydroxyl groups is 1. The summed E-state index contributed by atoms with van der Waals surface area (Å²) in [5, 5.41) is 19.7. The van der Waals surface area contributed by atoms with Crippen molar-refractivity contribution in [3.8, 4) is 22.9 Å². The number of ether oxygens (including phenoxy) is 1. The van der Waals surface area contributed by atoms with Gasteiger partial charge in [-0.1, -0.05) is 23.2 Å². The van der Waals surface area contributed by atoms with Crippen molar-refractivity contribution in [2.75, 3.05) is 7.11 Å². The van der Waals surface area contributed by atoms with Crippen molar-refractivity contribution in [2.45, 2.75) is 18.9 Å². The highest BCUT2D eigenvalue weighted by molar-refractivity contribution is 6.42. The van der Waals surface area contributed by atoms with E-state index in [0.717, 1.165) is 23.0 Å². The van der Waals surface area contributed by atoms with E-state index >= 15 is 0 Å². The largest absolute Gasteiger partial charge is 0.508 e. The Balaban J connectivity index is 1.68. The molecule has 25 heavy (non-hydrogen) atoms. The van der Waals surface area contributed by atoms with E-state index in [1.807, 2.05) is 24.3 Å². The first kappa shape index (κ1) is 16.2. The Morgan fingerprint density at radius 3 is 2.60 bits per heavy atom. The van der Waals surface area contributed by atoms with Crippen molar-refractivity contribution in [1.29, 1.82) is 0 Å². The van der Waals surface area contributed by atoms with Gasteiger partial charge in [0.15, 0.2) is 5.82 Å². The van der Waals surface area contributed by atoms with Gasteiger partial charge in [-0.25, -0.2) is 0 Å². The maximum absolute atomic E-state index is 10.2. The molecule has 0 spiro atoms. The fourth-order valence-electron chi connectivity index (χ4n) is 3.27. The first-order valence-electron chi connectivity index (χ1n) is 7.82. The number of halogens is 2. The van der Waals surface area contributed by atoms with Crippen molar-refractivity contribution < 1.29 is 9.84 Å². The first-order valence-corrected chi connectivity index (χ1v) is 8.57. The third-order valence-electron chi connectivity index (χ3n) is 4.53. The van der Waals surface area contributed by atoms with Crippen LogP contribution in [-0.4, -0.2) is 27.0 Å². The van der Waals surface area contributed by atoms with Gasteiger partial charge >= 0.3 is 0 Å². The van der Waals surface area contributed by atoms with Crippen LogP contribution in [0.5, 0.6) is 11.5 Å². The van der Waals surface area contributed by atoms with Crippen molar-refractivity contribution in [3.63, 3.8) is 0 Å². The Kier molecular flexibility index (Phi) is 4.06. The fourth-order valence-corrected chi connectivity index (χ4v) is 3.75. The lowest BCUT2D eigenvalue weighted by atomic mass is 9.96. The summed E-state index contributed by atoms with van der Waals surface area (Å²) in [5.74, 6) is 2.61. The molecule has 7 heteroatoms. The highest BCUT2D eigenvalue weighted by Gasteiger charge is 2.31. The minimum absolute atomic E-state index is 0.00805. The van der Waals surface area contributed by atoms with Crippen LogP contribution in [0.4, 0.5) is 0 Å². The van der Waals surface area contributed by atoms with Gasteiger partial charge in [0.1, 0.15) is 17.3 Å². The Morgan fingerprint density at radius 2 is 1.88 bits per heavy atom. The van der Waals surface area contributed by atoms with E-state index < -0.39 is 0 Å². The second kappa shape index (κ2) is 6.24. The van der Waals surface area contributed by atoms with Gasteiger partial charge in [-0.15, -0.1) is 10.2 Å². The van der Waals surface area contributed by atoms with Crippen molar-refractivity contribution in [1.82, 2.24) is 14.8 Å². The number of hydrogen-bond acceptors (Lipinski definition) is 4. The van der Waals surface area contributed by atoms with Crippen LogP contribution < -0.4 is 4.74 Å². The number of phenols is 1. The van der Waals surface area contributed by atoms with Crippen LogP contribution in [0.1, 0.15) is 17.3 Å². The number of phenolic OH excluding ortho intramolecular Hbond substituents is 1. The monoisotopic (exact) mass is 375 g/mol. The maximum atomic E-state index is 10.2. The average molecular weight is 376 g/mol. The third-order valence-corrected chi connectivity index (χ3v) is 5.34. The number of nitrogens with zero attached hydrogens (tertiary/aromatic N) is 3. The molecule has 3 aromatic rings. The molecule has 1 aromatic heterocycles. The lowest BCUT2D eigenvalue weighted by Gasteiger charge is -2.15. The minimum atomic E-state index is 0.00805. The molecule has 0 saturated heterocycles. The molecule has 1 atom stereocenters. The van der Waals surface area contributed by atoms with E-state index in [1.54, 1.807) is 19.2 Å². The van der Waals surface area contributed by atoms with Crippen LogP contribution in [0, 0.1) is 0 Å². The number of hydrogen-bond donors (Lipinski definition) is 1. The summed E-state index contributed by atoms with van der Waals surface area (Å²) in [4.78, 5) is 0. The summed E-state index contributed by atoms with van der Waals surface area (Å²) < 4.78 is 7.25. The molecule has 1 aliphatic rings. The molecule has 0 saturated carbocycles. The van der Waals surface area contributed by atoms with Gasteiger partial charge in [-0.05, 0) is 36.4 Å². The van der Waals surface area contributed by atoms with Gasteiger partial charge < -0.3 is 14.4 Å². The van der Waals surface area contributed by atoms with Crippen LogP contribution in [0.15, 0.2) is 36.4 Å². The van der Waals surface area contributed by atoms with Gasteiger partial charge in [0.05, 0.1) is 17.2 Å². The molecule has 0 unspecified atom stereocenters. The predicted octanol–water partition coefficient (Wildman–Crippen LogP) is 4.31. The van der Waals surface area contributed by atoms with Crippen molar-refractivity contribution >= 4 is 23.2 Å². The Hall–Kier alpha value is -2.24. The number of aromatic nitrogens is 3. The molecule has 0 aliphatic carbocycles. The van der Waals surface area contributed by atoms with Crippen LogP contribution in [0.2, 0.25) is 10.0 Å². The van der Waals surface area contributed by atoms with Gasteiger partial charge in [0, 0.05) is 30.0 Å². The first-order chi connectivity index (χ1) is 12.1. The highest BCUT2D eigenvalue weighted by atomic mass is 35.5. The molecule has 2 aromatic carbocycles. The molecular formula is C18H15Cl2N3O2. The zero-order chi connectivity index (χ0) is 17.6. The zero-order valence-electron chi connectivity index (χ0n) is 13.4. The Morgan fingerprint density at radius 1 is 1.12 bits per heavy atom. The molecule has 0 bridgehead atoms. The lowest BCUT2D eigenvalue weighted by Crippen LogP contribution is -2.04. The van der Waals surface area contributed by atoms with E-state index in [0.29, 0.717) is 28.6 Å². The Bertz CT molecular complexity index is 938. The molecule has 1 N–H and O–H groups in total. The number of rotatable bonds is 3. The van der Waals surface area contributed by atoms with Crippen LogP contribution in [-0.2, 0) is 13.0 Å². The zero-order valence-corrected chi connectivity index (χ0v) is 14.9. The van der Waals surface area contributed by atoms with Crippen LogP contribution in [0.3, 0.4) is 0 Å². The SMILES string of the molecule is COc1ccc(-c2nnc3n2C[C@@H](c2c(O)ccc(Cl)c2Cl)C3)cc1. The molecule has 5 nitrogen and oxygen atoms in total. The maximum Gasteiger partial charge on any atom is 0.163 e. The van der Waals surface area contributed by atoms with E-state index in [4.69, 9.17) is 27.9 Å². The predicted molar refractivity (Wildman–Crippen MR) is 96.6 cm³/mol. The highest BCUT2D eigenvalue weighted by Crippen LogP contribution is 2.42. The lowest BCUT2D eigenvalue weighted by molar-refractivity contribution is 0.415. The molecule has 0 amide bonds. The third kappa shape index (κ3) is 2.73. The summed E-state index contributed by atoms with van der Waals surface area (Å²) >= 11 is 12.4. The second-order valence-corrected chi connectivity index (χ2v) is 6.76. The molecule has 128 valence electrons. The summed E-state index contributed by atoms with van der Waals surface area (Å²) in [6, 6.07) is 10.9. The average Bonchev–Trinajstić information content (AvgIpc) is 3.19. The summed E-state index contributed by atoms with van der Waals surface area (Å²) in [7, 11) is 1.63. The van der Waals surface area contributed by atoms with E-state index in [9.17, 15) is 5.11 Å². The van der Waals surface area contributed by atoms with Crippen LogP contribution >= 0.6 is 23.2 Å². The summed E-state index contributed by atoms with van der Waals surface area (Å²) in [6.07, 6.45) is 0.650. The van der Waals surface area contributed by atoms with Gasteiger partial charge in [0.25, 0.3) is 0 Å². The molecule has 1 aliphatic heterocycles. The van der Waals surface area contributed by atoms with Crippen LogP contribution in [0.25, 0.3) is 11.4 Å². The molecule has 0 radical (unpaired) electrons.